The fourth-order valence-corrected chi connectivity index (χ4v) is 0.872. The van der Waals surface area contributed by atoms with Crippen molar-refractivity contribution in [1.29, 1.82) is 0 Å². The van der Waals surface area contributed by atoms with Gasteiger partial charge in [-0.2, -0.15) is 0 Å². The Morgan fingerprint density at radius 1 is 1.17 bits per heavy atom. The first-order valence-corrected chi connectivity index (χ1v) is 3.88. The molecular weight excluding hydrogens is 150 g/mol. The Kier molecular flexibility index (Phi) is 4.94. The Bertz CT molecular complexity index is 196. The first kappa shape index (κ1) is 10.8. The summed E-state index contributed by atoms with van der Waals surface area (Å²) in [4.78, 5) is 8.25. The summed E-state index contributed by atoms with van der Waals surface area (Å²) in [5.74, 6) is 6.65. The quantitative estimate of drug-likeness (QED) is 0.321. The molecule has 0 N–H and O–H groups in total. The van der Waals surface area contributed by atoms with Crippen molar-refractivity contribution in [2.45, 2.75) is 6.92 Å². The van der Waals surface area contributed by atoms with E-state index in [9.17, 15) is 0 Å². The SMILES string of the molecule is CC#CCN=C(N(C)C)N(C)C. The standard InChI is InChI=1S/C9H17N3/c1-6-7-8-10-9(11(2)3)12(4)5/h8H2,1-5H3. The molecule has 0 aromatic rings. The molecule has 0 aliphatic heterocycles. The monoisotopic (exact) mass is 167 g/mol. The minimum Gasteiger partial charge on any atom is -0.349 e. The molecule has 0 aromatic heterocycles. The second kappa shape index (κ2) is 5.48. The van der Waals surface area contributed by atoms with Crippen LogP contribution < -0.4 is 0 Å². The highest BCUT2D eigenvalue weighted by molar-refractivity contribution is 5.79. The van der Waals surface area contributed by atoms with E-state index >= 15 is 0 Å². The summed E-state index contributed by atoms with van der Waals surface area (Å²) < 4.78 is 0. The predicted molar refractivity (Wildman–Crippen MR) is 53.1 cm³/mol. The molecule has 3 heteroatoms. The molecule has 12 heavy (non-hydrogen) atoms. The van der Waals surface area contributed by atoms with Crippen LogP contribution in [0.15, 0.2) is 4.99 Å². The number of rotatable bonds is 1. The third-order valence-electron chi connectivity index (χ3n) is 1.28. The van der Waals surface area contributed by atoms with Crippen LogP contribution in [0, 0.1) is 11.8 Å². The molecule has 0 radical (unpaired) electrons. The molecule has 0 atom stereocenters. The zero-order valence-corrected chi connectivity index (χ0v) is 8.55. The van der Waals surface area contributed by atoms with Gasteiger partial charge in [-0.1, -0.05) is 5.92 Å². The van der Waals surface area contributed by atoms with Crippen LogP contribution in [0.3, 0.4) is 0 Å². The number of hydrogen-bond acceptors (Lipinski definition) is 1. The molecule has 0 fully saturated rings. The van der Waals surface area contributed by atoms with Crippen molar-refractivity contribution in [1.82, 2.24) is 9.80 Å². The molecule has 0 saturated carbocycles. The van der Waals surface area contributed by atoms with E-state index in [1.54, 1.807) is 0 Å². The van der Waals surface area contributed by atoms with Crippen LogP contribution in [0.25, 0.3) is 0 Å². The Morgan fingerprint density at radius 3 is 2.00 bits per heavy atom. The summed E-state index contributed by atoms with van der Waals surface area (Å²) in [5, 5.41) is 0. The van der Waals surface area contributed by atoms with Crippen LogP contribution in [0.1, 0.15) is 6.92 Å². The van der Waals surface area contributed by atoms with Crippen LogP contribution in [0.4, 0.5) is 0 Å². The van der Waals surface area contributed by atoms with Crippen molar-refractivity contribution < 1.29 is 0 Å². The maximum absolute atomic E-state index is 4.31. The van der Waals surface area contributed by atoms with Crippen LogP contribution in [0.2, 0.25) is 0 Å². The Hall–Kier alpha value is -1.17. The van der Waals surface area contributed by atoms with Crippen LogP contribution in [-0.4, -0.2) is 50.5 Å². The van der Waals surface area contributed by atoms with Crippen molar-refractivity contribution in [3.8, 4) is 11.8 Å². The number of guanidine groups is 1. The van der Waals surface area contributed by atoms with Gasteiger partial charge in [-0.05, 0) is 6.92 Å². The van der Waals surface area contributed by atoms with E-state index in [1.807, 2.05) is 44.9 Å². The third-order valence-corrected chi connectivity index (χ3v) is 1.28. The Labute approximate surface area is 75.1 Å². The molecule has 0 amide bonds. The van der Waals surface area contributed by atoms with Gasteiger partial charge in [0.25, 0.3) is 0 Å². The zero-order chi connectivity index (χ0) is 9.56. The van der Waals surface area contributed by atoms with E-state index in [4.69, 9.17) is 0 Å². The number of aliphatic imine (C=N–C) groups is 1. The maximum atomic E-state index is 4.31. The fourth-order valence-electron chi connectivity index (χ4n) is 0.872. The number of hydrogen-bond donors (Lipinski definition) is 0. The largest absolute Gasteiger partial charge is 0.349 e. The average Bonchev–Trinajstić information content (AvgIpc) is 1.96. The molecule has 0 rings (SSSR count). The summed E-state index contributed by atoms with van der Waals surface area (Å²) in [7, 11) is 7.88. The van der Waals surface area contributed by atoms with Gasteiger partial charge < -0.3 is 9.80 Å². The average molecular weight is 167 g/mol. The molecule has 0 aliphatic rings. The molecular formula is C9H17N3. The van der Waals surface area contributed by atoms with Crippen LogP contribution in [0.5, 0.6) is 0 Å². The third kappa shape index (κ3) is 3.87. The highest BCUT2D eigenvalue weighted by Gasteiger charge is 2.01. The lowest BCUT2D eigenvalue weighted by Crippen LogP contribution is -2.35. The maximum Gasteiger partial charge on any atom is 0.196 e. The summed E-state index contributed by atoms with van der Waals surface area (Å²) >= 11 is 0. The lowest BCUT2D eigenvalue weighted by atomic mass is 10.6. The normalized spacial score (nSPS) is 8.08. The van der Waals surface area contributed by atoms with Crippen molar-refractivity contribution in [3.63, 3.8) is 0 Å². The molecule has 0 aliphatic carbocycles. The van der Waals surface area contributed by atoms with Gasteiger partial charge in [-0.3, -0.25) is 0 Å². The van der Waals surface area contributed by atoms with Crippen molar-refractivity contribution in [2.75, 3.05) is 34.7 Å². The summed E-state index contributed by atoms with van der Waals surface area (Å²) in [6.45, 7) is 2.39. The van der Waals surface area contributed by atoms with E-state index in [0.29, 0.717) is 6.54 Å². The second-order valence-corrected chi connectivity index (χ2v) is 2.83. The van der Waals surface area contributed by atoms with Gasteiger partial charge in [0.1, 0.15) is 6.54 Å². The first-order valence-electron chi connectivity index (χ1n) is 3.88. The van der Waals surface area contributed by atoms with E-state index in [1.165, 1.54) is 0 Å². The van der Waals surface area contributed by atoms with Crippen molar-refractivity contribution >= 4 is 5.96 Å². The minimum absolute atomic E-state index is 0.572. The predicted octanol–water partition coefficient (Wildman–Crippen LogP) is 0.489. The van der Waals surface area contributed by atoms with E-state index in [0.717, 1.165) is 5.96 Å². The van der Waals surface area contributed by atoms with Gasteiger partial charge in [-0.25, -0.2) is 4.99 Å². The van der Waals surface area contributed by atoms with Gasteiger partial charge >= 0.3 is 0 Å². The molecule has 0 saturated heterocycles. The summed E-state index contributed by atoms with van der Waals surface area (Å²) in [6.07, 6.45) is 0. The topological polar surface area (TPSA) is 18.8 Å². The van der Waals surface area contributed by atoms with E-state index in [-0.39, 0.29) is 0 Å². The van der Waals surface area contributed by atoms with Crippen molar-refractivity contribution in [3.05, 3.63) is 0 Å². The first-order chi connectivity index (χ1) is 5.59. The fraction of sp³-hybridized carbons (Fsp3) is 0.667. The van der Waals surface area contributed by atoms with Gasteiger partial charge in [0.15, 0.2) is 5.96 Å². The molecule has 0 unspecified atom stereocenters. The highest BCUT2D eigenvalue weighted by Crippen LogP contribution is 1.87. The van der Waals surface area contributed by atoms with Gasteiger partial charge in [-0.15, -0.1) is 5.92 Å². The lowest BCUT2D eigenvalue weighted by molar-refractivity contribution is 0.481. The van der Waals surface area contributed by atoms with Crippen LogP contribution >= 0.6 is 0 Å². The molecule has 68 valence electrons. The Balaban J connectivity index is 4.25. The van der Waals surface area contributed by atoms with Gasteiger partial charge in [0.2, 0.25) is 0 Å². The Morgan fingerprint density at radius 2 is 1.67 bits per heavy atom. The van der Waals surface area contributed by atoms with E-state index < -0.39 is 0 Å². The van der Waals surface area contributed by atoms with Gasteiger partial charge in [0.05, 0.1) is 0 Å². The summed E-state index contributed by atoms with van der Waals surface area (Å²) in [6, 6.07) is 0. The molecule has 0 spiro atoms. The molecule has 0 aromatic carbocycles. The highest BCUT2D eigenvalue weighted by atomic mass is 15.3. The van der Waals surface area contributed by atoms with Gasteiger partial charge in [0, 0.05) is 28.2 Å². The molecule has 0 bridgehead atoms. The summed E-state index contributed by atoms with van der Waals surface area (Å²) in [5.41, 5.74) is 0. The van der Waals surface area contributed by atoms with Crippen molar-refractivity contribution in [2.24, 2.45) is 4.99 Å². The molecule has 3 nitrogen and oxygen atoms in total. The zero-order valence-electron chi connectivity index (χ0n) is 8.55. The minimum atomic E-state index is 0.572. The number of nitrogens with zero attached hydrogens (tertiary/aromatic N) is 3. The smallest absolute Gasteiger partial charge is 0.196 e. The van der Waals surface area contributed by atoms with Crippen LogP contribution in [-0.2, 0) is 0 Å². The lowest BCUT2D eigenvalue weighted by Gasteiger charge is -2.22. The molecule has 0 heterocycles. The second-order valence-electron chi connectivity index (χ2n) is 2.83. The van der Waals surface area contributed by atoms with E-state index in [2.05, 4.69) is 16.8 Å².